The second-order valence-corrected chi connectivity index (χ2v) is 2.84. The van der Waals surface area contributed by atoms with Gasteiger partial charge in [-0.15, -0.1) is 0 Å². The molecule has 0 saturated carbocycles. The molecule has 68 valence electrons. The molecule has 3 heteroatoms. The van der Waals surface area contributed by atoms with Crippen molar-refractivity contribution in [2.45, 2.75) is 0 Å². The Balaban J connectivity index is 3.18. The Morgan fingerprint density at radius 1 is 1.62 bits per heavy atom. The van der Waals surface area contributed by atoms with Gasteiger partial charge in [0.05, 0.1) is 17.7 Å². The molecule has 0 heterocycles. The Hall–Kier alpha value is -1.28. The Bertz CT molecular complexity index is 345. The molecule has 1 rings (SSSR count). The Labute approximate surface area is 81.8 Å². The van der Waals surface area contributed by atoms with Gasteiger partial charge in [-0.25, -0.2) is 4.79 Å². The van der Waals surface area contributed by atoms with Gasteiger partial charge in [0, 0.05) is 0 Å². The Morgan fingerprint density at radius 3 is 2.85 bits per heavy atom. The first-order chi connectivity index (χ1) is 6.19. The van der Waals surface area contributed by atoms with E-state index in [-0.39, 0.29) is 0 Å². The molecule has 0 amide bonds. The molecule has 0 atom stereocenters. The van der Waals surface area contributed by atoms with Crippen molar-refractivity contribution < 1.29 is 9.53 Å². The molecule has 0 bridgehead atoms. The second-order valence-electron chi connectivity index (χ2n) is 2.43. The predicted molar refractivity (Wildman–Crippen MR) is 52.9 cm³/mol. The van der Waals surface area contributed by atoms with Crippen molar-refractivity contribution >= 4 is 23.6 Å². The minimum absolute atomic E-state index is 0.363. The molecule has 1 aromatic carbocycles. The van der Waals surface area contributed by atoms with Gasteiger partial charge < -0.3 is 4.74 Å². The third kappa shape index (κ3) is 2.10. The van der Waals surface area contributed by atoms with Crippen LogP contribution in [0, 0.1) is 0 Å². The molecule has 0 spiro atoms. The number of carbonyl (C=O) groups excluding carboxylic acids is 1. The molecule has 2 nitrogen and oxygen atoms in total. The number of hydrogen-bond donors (Lipinski definition) is 0. The highest BCUT2D eigenvalue weighted by molar-refractivity contribution is 6.33. The minimum atomic E-state index is -0.436. The van der Waals surface area contributed by atoms with Crippen LogP contribution in [0.3, 0.4) is 0 Å². The van der Waals surface area contributed by atoms with Crippen molar-refractivity contribution in [1.29, 1.82) is 0 Å². The summed E-state index contributed by atoms with van der Waals surface area (Å²) in [7, 11) is 1.32. The van der Waals surface area contributed by atoms with E-state index in [1.54, 1.807) is 24.3 Å². The summed E-state index contributed by atoms with van der Waals surface area (Å²) in [6.07, 6.45) is 1.64. The first-order valence-electron chi connectivity index (χ1n) is 3.69. The van der Waals surface area contributed by atoms with Crippen LogP contribution in [-0.4, -0.2) is 13.1 Å². The summed E-state index contributed by atoms with van der Waals surface area (Å²) in [4.78, 5) is 11.2. The minimum Gasteiger partial charge on any atom is -0.465 e. The lowest BCUT2D eigenvalue weighted by Crippen LogP contribution is -2.02. The van der Waals surface area contributed by atoms with E-state index >= 15 is 0 Å². The number of carbonyl (C=O) groups is 1. The van der Waals surface area contributed by atoms with Gasteiger partial charge in [-0.3, -0.25) is 0 Å². The van der Waals surface area contributed by atoms with Crippen LogP contribution in [0.5, 0.6) is 0 Å². The van der Waals surface area contributed by atoms with Gasteiger partial charge in [0.1, 0.15) is 0 Å². The largest absolute Gasteiger partial charge is 0.465 e. The van der Waals surface area contributed by atoms with Gasteiger partial charge >= 0.3 is 5.97 Å². The zero-order valence-corrected chi connectivity index (χ0v) is 7.97. The van der Waals surface area contributed by atoms with Crippen molar-refractivity contribution in [3.05, 3.63) is 40.9 Å². The van der Waals surface area contributed by atoms with Gasteiger partial charge in [0.25, 0.3) is 0 Å². The van der Waals surface area contributed by atoms with Crippen LogP contribution in [0.25, 0.3) is 6.08 Å². The average Bonchev–Trinajstić information content (AvgIpc) is 2.17. The first-order valence-corrected chi connectivity index (χ1v) is 4.07. The third-order valence-corrected chi connectivity index (χ3v) is 1.96. The van der Waals surface area contributed by atoms with E-state index in [0.29, 0.717) is 10.6 Å². The lowest BCUT2D eigenvalue weighted by Gasteiger charge is -2.02. The van der Waals surface area contributed by atoms with Crippen LogP contribution in [0.1, 0.15) is 15.9 Å². The van der Waals surface area contributed by atoms with Gasteiger partial charge in [-0.1, -0.05) is 30.3 Å². The summed E-state index contributed by atoms with van der Waals surface area (Å²) in [6, 6.07) is 5.06. The number of benzene rings is 1. The van der Waals surface area contributed by atoms with E-state index < -0.39 is 5.97 Å². The van der Waals surface area contributed by atoms with E-state index in [1.807, 2.05) is 0 Å². The summed E-state index contributed by atoms with van der Waals surface area (Å²) >= 11 is 5.79. The van der Waals surface area contributed by atoms with Gasteiger partial charge in [-0.2, -0.15) is 0 Å². The van der Waals surface area contributed by atoms with Crippen LogP contribution in [0.2, 0.25) is 5.02 Å². The van der Waals surface area contributed by atoms with Crippen LogP contribution in [0.15, 0.2) is 24.8 Å². The Morgan fingerprint density at radius 2 is 2.31 bits per heavy atom. The van der Waals surface area contributed by atoms with Crippen LogP contribution >= 0.6 is 11.6 Å². The zero-order chi connectivity index (χ0) is 9.84. The van der Waals surface area contributed by atoms with Crippen molar-refractivity contribution in [2.24, 2.45) is 0 Å². The maximum Gasteiger partial charge on any atom is 0.339 e. The lowest BCUT2D eigenvalue weighted by molar-refractivity contribution is 0.0601. The number of halogens is 1. The molecule has 0 aromatic heterocycles. The number of hydrogen-bond acceptors (Lipinski definition) is 2. The van der Waals surface area contributed by atoms with Gasteiger partial charge in [0.15, 0.2) is 0 Å². The first kappa shape index (κ1) is 9.81. The molecule has 0 aliphatic carbocycles. The smallest absolute Gasteiger partial charge is 0.339 e. The highest BCUT2D eigenvalue weighted by Crippen LogP contribution is 2.18. The van der Waals surface area contributed by atoms with Gasteiger partial charge in [-0.05, 0) is 17.7 Å². The van der Waals surface area contributed by atoms with E-state index in [2.05, 4.69) is 11.3 Å². The van der Waals surface area contributed by atoms with Crippen LogP contribution < -0.4 is 0 Å². The summed E-state index contributed by atoms with van der Waals surface area (Å²) in [5.41, 5.74) is 1.20. The van der Waals surface area contributed by atoms with E-state index in [9.17, 15) is 4.79 Å². The highest BCUT2D eigenvalue weighted by atomic mass is 35.5. The van der Waals surface area contributed by atoms with Crippen molar-refractivity contribution in [3.8, 4) is 0 Å². The fourth-order valence-corrected chi connectivity index (χ4v) is 1.13. The summed E-state index contributed by atoms with van der Waals surface area (Å²) in [6.45, 7) is 3.59. The SMILES string of the molecule is C=Cc1ccc(Cl)c(C(=O)OC)c1. The highest BCUT2D eigenvalue weighted by Gasteiger charge is 2.09. The quantitative estimate of drug-likeness (QED) is 0.680. The predicted octanol–water partition coefficient (Wildman–Crippen LogP) is 2.77. The number of ether oxygens (including phenoxy) is 1. The summed E-state index contributed by atoms with van der Waals surface area (Å²) in [5, 5.41) is 0.387. The molecule has 0 saturated heterocycles. The molecule has 0 unspecified atom stereocenters. The second kappa shape index (κ2) is 4.10. The van der Waals surface area contributed by atoms with Crippen molar-refractivity contribution in [3.63, 3.8) is 0 Å². The maximum atomic E-state index is 11.2. The lowest BCUT2D eigenvalue weighted by atomic mass is 10.1. The fourth-order valence-electron chi connectivity index (χ4n) is 0.936. The Kier molecular flexibility index (Phi) is 3.09. The standard InChI is InChI=1S/C10H9ClO2/c1-3-7-4-5-9(11)8(6-7)10(12)13-2/h3-6H,1H2,2H3. The molecule has 0 aliphatic heterocycles. The maximum absolute atomic E-state index is 11.2. The molecule has 1 aromatic rings. The molecule has 0 fully saturated rings. The molecule has 0 aliphatic rings. The molecular formula is C10H9ClO2. The third-order valence-electron chi connectivity index (χ3n) is 1.63. The topological polar surface area (TPSA) is 26.3 Å². The molecule has 13 heavy (non-hydrogen) atoms. The zero-order valence-electron chi connectivity index (χ0n) is 7.21. The number of methoxy groups -OCH3 is 1. The fraction of sp³-hybridized carbons (Fsp3) is 0.100. The van der Waals surface area contributed by atoms with Crippen molar-refractivity contribution in [1.82, 2.24) is 0 Å². The van der Waals surface area contributed by atoms with E-state index in [0.717, 1.165) is 5.56 Å². The molecule has 0 radical (unpaired) electrons. The van der Waals surface area contributed by atoms with E-state index in [1.165, 1.54) is 7.11 Å². The molecule has 0 N–H and O–H groups in total. The monoisotopic (exact) mass is 196 g/mol. The van der Waals surface area contributed by atoms with E-state index in [4.69, 9.17) is 11.6 Å². The average molecular weight is 197 g/mol. The number of esters is 1. The van der Waals surface area contributed by atoms with Crippen molar-refractivity contribution in [2.75, 3.05) is 7.11 Å². The summed E-state index contributed by atoms with van der Waals surface area (Å²) in [5.74, 6) is -0.436. The molecular weight excluding hydrogens is 188 g/mol. The number of rotatable bonds is 2. The van der Waals surface area contributed by atoms with Crippen LogP contribution in [0.4, 0.5) is 0 Å². The summed E-state index contributed by atoms with van der Waals surface area (Å²) < 4.78 is 4.56. The van der Waals surface area contributed by atoms with Gasteiger partial charge in [0.2, 0.25) is 0 Å². The normalized spacial score (nSPS) is 9.38. The van der Waals surface area contributed by atoms with Crippen LogP contribution in [-0.2, 0) is 4.74 Å².